The Labute approximate surface area is 165 Å². The number of aromatic nitrogens is 2. The van der Waals surface area contributed by atoms with Gasteiger partial charge in [0.2, 0.25) is 0 Å². The minimum Gasteiger partial charge on any atom is -0.369 e. The highest BCUT2D eigenvalue weighted by Crippen LogP contribution is 2.27. The van der Waals surface area contributed by atoms with Gasteiger partial charge in [-0.25, -0.2) is 4.98 Å². The zero-order chi connectivity index (χ0) is 18.9. The molecule has 2 aromatic carbocycles. The van der Waals surface area contributed by atoms with Crippen LogP contribution in [-0.4, -0.2) is 47.5 Å². The first-order valence-corrected chi connectivity index (χ1v) is 9.84. The van der Waals surface area contributed by atoms with Gasteiger partial charge < -0.3 is 9.80 Å². The lowest BCUT2D eigenvalue weighted by molar-refractivity contribution is 0.313. The quantitative estimate of drug-likeness (QED) is 0.535. The molecule has 0 aliphatic carbocycles. The molecule has 0 atom stereocenters. The highest BCUT2D eigenvalue weighted by molar-refractivity contribution is 5.72. The maximum absolute atomic E-state index is 4.63. The van der Waals surface area contributed by atoms with Gasteiger partial charge in [0.15, 0.2) is 0 Å². The lowest BCUT2D eigenvalue weighted by atomic mass is 10.1. The van der Waals surface area contributed by atoms with Crippen LogP contribution < -0.4 is 4.90 Å². The van der Waals surface area contributed by atoms with Gasteiger partial charge in [0, 0.05) is 43.6 Å². The van der Waals surface area contributed by atoms with E-state index in [4.69, 9.17) is 0 Å². The van der Waals surface area contributed by atoms with Crippen molar-refractivity contribution in [1.29, 1.82) is 0 Å². The molecule has 1 fully saturated rings. The Kier molecular flexibility index (Phi) is 4.34. The molecule has 1 aliphatic heterocycles. The van der Waals surface area contributed by atoms with Crippen molar-refractivity contribution >= 4 is 11.3 Å². The number of pyridine rings is 1. The number of anilines is 1. The average Bonchev–Trinajstić information content (AvgIpc) is 3.18. The monoisotopic (exact) mass is 368 g/mol. The number of rotatable bonds is 3. The number of imidazole rings is 1. The summed E-state index contributed by atoms with van der Waals surface area (Å²) in [6.45, 7) is 4.44. The van der Waals surface area contributed by atoms with Crippen LogP contribution in [0.5, 0.6) is 0 Å². The van der Waals surface area contributed by atoms with Crippen LogP contribution >= 0.6 is 0 Å². The van der Waals surface area contributed by atoms with E-state index in [1.165, 1.54) is 22.4 Å². The van der Waals surface area contributed by atoms with E-state index >= 15 is 0 Å². The Morgan fingerprint density at radius 1 is 0.750 bits per heavy atom. The highest BCUT2D eigenvalue weighted by atomic mass is 15.2. The molecule has 4 heteroatoms. The molecule has 0 spiro atoms. The van der Waals surface area contributed by atoms with Crippen molar-refractivity contribution in [2.45, 2.75) is 0 Å². The van der Waals surface area contributed by atoms with E-state index in [2.05, 4.69) is 93.1 Å². The number of piperazine rings is 1. The summed E-state index contributed by atoms with van der Waals surface area (Å²) in [4.78, 5) is 9.48. The van der Waals surface area contributed by atoms with Gasteiger partial charge in [-0.15, -0.1) is 0 Å². The zero-order valence-corrected chi connectivity index (χ0v) is 16.1. The van der Waals surface area contributed by atoms with Crippen LogP contribution in [0.1, 0.15) is 0 Å². The third-order valence-electron chi connectivity index (χ3n) is 5.65. The lowest BCUT2D eigenvalue weighted by Gasteiger charge is -2.34. The van der Waals surface area contributed by atoms with E-state index in [1.807, 2.05) is 12.3 Å². The second-order valence-electron chi connectivity index (χ2n) is 7.49. The molecule has 4 aromatic rings. The van der Waals surface area contributed by atoms with E-state index in [0.29, 0.717) is 0 Å². The number of benzene rings is 2. The predicted molar refractivity (Wildman–Crippen MR) is 116 cm³/mol. The van der Waals surface area contributed by atoms with Gasteiger partial charge in [-0.1, -0.05) is 42.5 Å². The summed E-state index contributed by atoms with van der Waals surface area (Å²) in [5.74, 6) is 0. The van der Waals surface area contributed by atoms with Crippen LogP contribution in [-0.2, 0) is 0 Å². The van der Waals surface area contributed by atoms with Crippen molar-refractivity contribution in [3.8, 4) is 22.4 Å². The maximum Gasteiger partial charge on any atom is 0.137 e. The van der Waals surface area contributed by atoms with Crippen molar-refractivity contribution in [3.05, 3.63) is 79.1 Å². The Morgan fingerprint density at radius 2 is 1.50 bits per heavy atom. The SMILES string of the molecule is CN1CCN(c2ccc(-c3ccn4c(-c5ccccc5)cnc4c3)cc2)CC1. The second-order valence-corrected chi connectivity index (χ2v) is 7.49. The van der Waals surface area contributed by atoms with Gasteiger partial charge >= 0.3 is 0 Å². The van der Waals surface area contributed by atoms with Crippen molar-refractivity contribution in [2.75, 3.05) is 38.1 Å². The van der Waals surface area contributed by atoms with E-state index in [0.717, 1.165) is 37.5 Å². The summed E-state index contributed by atoms with van der Waals surface area (Å²) < 4.78 is 2.15. The van der Waals surface area contributed by atoms with Crippen LogP contribution in [0.25, 0.3) is 28.0 Å². The average molecular weight is 368 g/mol. The van der Waals surface area contributed by atoms with E-state index in [-0.39, 0.29) is 0 Å². The molecule has 0 saturated carbocycles. The third-order valence-corrected chi connectivity index (χ3v) is 5.65. The van der Waals surface area contributed by atoms with Gasteiger partial charge in [0.05, 0.1) is 11.9 Å². The molecular weight excluding hydrogens is 344 g/mol. The molecular formula is C24H24N4. The van der Waals surface area contributed by atoms with E-state index in [1.54, 1.807) is 0 Å². The predicted octanol–water partition coefficient (Wildman–Crippen LogP) is 4.42. The zero-order valence-electron chi connectivity index (χ0n) is 16.1. The van der Waals surface area contributed by atoms with Crippen molar-refractivity contribution < 1.29 is 0 Å². The van der Waals surface area contributed by atoms with E-state index in [9.17, 15) is 0 Å². The Morgan fingerprint density at radius 3 is 2.25 bits per heavy atom. The standard InChI is InChI=1S/C24H24N4/c1-26-13-15-27(16-14-26)22-9-7-19(8-10-22)21-11-12-28-23(18-25-24(28)17-21)20-5-3-2-4-6-20/h2-12,17-18H,13-16H2,1H3. The number of nitrogens with zero attached hydrogens (tertiary/aromatic N) is 4. The molecule has 0 N–H and O–H groups in total. The van der Waals surface area contributed by atoms with Crippen molar-refractivity contribution in [1.82, 2.24) is 14.3 Å². The molecule has 0 amide bonds. The van der Waals surface area contributed by atoms with Crippen LogP contribution in [0.3, 0.4) is 0 Å². The number of fused-ring (bicyclic) bond motifs is 1. The van der Waals surface area contributed by atoms with Gasteiger partial charge in [-0.2, -0.15) is 0 Å². The number of likely N-dealkylation sites (N-methyl/N-ethyl adjacent to an activating group) is 1. The molecule has 0 radical (unpaired) electrons. The first-order valence-electron chi connectivity index (χ1n) is 9.84. The fourth-order valence-electron chi connectivity index (χ4n) is 3.91. The molecule has 1 saturated heterocycles. The molecule has 1 aliphatic rings. The molecule has 5 rings (SSSR count). The number of hydrogen-bond donors (Lipinski definition) is 0. The Balaban J connectivity index is 1.42. The summed E-state index contributed by atoms with van der Waals surface area (Å²) in [6, 6.07) is 23.7. The van der Waals surface area contributed by atoms with Gasteiger partial charge in [-0.05, 0) is 42.4 Å². The summed E-state index contributed by atoms with van der Waals surface area (Å²) >= 11 is 0. The lowest BCUT2D eigenvalue weighted by Crippen LogP contribution is -2.44. The van der Waals surface area contributed by atoms with E-state index < -0.39 is 0 Å². The summed E-state index contributed by atoms with van der Waals surface area (Å²) in [5.41, 5.74) is 7.00. The molecule has 4 nitrogen and oxygen atoms in total. The molecule has 0 bridgehead atoms. The molecule has 3 heterocycles. The largest absolute Gasteiger partial charge is 0.369 e. The minimum atomic E-state index is 0.972. The third kappa shape index (κ3) is 3.16. The van der Waals surface area contributed by atoms with Gasteiger partial charge in [-0.3, -0.25) is 4.40 Å². The van der Waals surface area contributed by atoms with Crippen LogP contribution in [0.2, 0.25) is 0 Å². The summed E-state index contributed by atoms with van der Waals surface area (Å²) in [6.07, 6.45) is 4.07. The topological polar surface area (TPSA) is 23.8 Å². The normalized spacial score (nSPS) is 15.2. The molecule has 140 valence electrons. The fourth-order valence-corrected chi connectivity index (χ4v) is 3.91. The minimum absolute atomic E-state index is 0.972. The maximum atomic E-state index is 4.63. The summed E-state index contributed by atoms with van der Waals surface area (Å²) in [5, 5.41) is 0. The van der Waals surface area contributed by atoms with Gasteiger partial charge in [0.1, 0.15) is 5.65 Å². The molecule has 0 unspecified atom stereocenters. The highest BCUT2D eigenvalue weighted by Gasteiger charge is 2.14. The Bertz CT molecular complexity index is 1070. The van der Waals surface area contributed by atoms with Crippen molar-refractivity contribution in [3.63, 3.8) is 0 Å². The first-order chi connectivity index (χ1) is 13.8. The summed E-state index contributed by atoms with van der Waals surface area (Å²) in [7, 11) is 2.19. The molecule has 2 aromatic heterocycles. The van der Waals surface area contributed by atoms with Crippen LogP contribution in [0.15, 0.2) is 79.1 Å². The fraction of sp³-hybridized carbons (Fsp3) is 0.208. The van der Waals surface area contributed by atoms with Crippen molar-refractivity contribution in [2.24, 2.45) is 0 Å². The Hall–Kier alpha value is -3.11. The van der Waals surface area contributed by atoms with Crippen LogP contribution in [0.4, 0.5) is 5.69 Å². The van der Waals surface area contributed by atoms with Gasteiger partial charge in [0.25, 0.3) is 0 Å². The van der Waals surface area contributed by atoms with Crippen LogP contribution in [0, 0.1) is 0 Å². The smallest absolute Gasteiger partial charge is 0.137 e. The first kappa shape index (κ1) is 17.0. The molecule has 28 heavy (non-hydrogen) atoms. The number of hydrogen-bond acceptors (Lipinski definition) is 3. The second kappa shape index (κ2) is 7.13.